The van der Waals surface area contributed by atoms with Crippen molar-refractivity contribution >= 4 is 11.6 Å². The number of aromatic nitrogens is 2. The van der Waals surface area contributed by atoms with Crippen LogP contribution in [0, 0.1) is 6.92 Å². The van der Waals surface area contributed by atoms with Gasteiger partial charge in [-0.25, -0.2) is 4.98 Å². The van der Waals surface area contributed by atoms with Gasteiger partial charge in [0.15, 0.2) is 0 Å². The minimum Gasteiger partial charge on any atom is -0.356 e. The van der Waals surface area contributed by atoms with Crippen molar-refractivity contribution in [3.05, 3.63) is 35.8 Å². The normalized spacial score (nSPS) is 10.9. The highest BCUT2D eigenvalue weighted by molar-refractivity contribution is 5.78. The molecular weight excluding hydrogens is 250 g/mol. The number of nitrogens with one attached hydrogen (secondary N) is 1. The summed E-state index contributed by atoms with van der Waals surface area (Å²) in [5, 5.41) is 2.96. The molecule has 1 N–H and O–H groups in total. The molecule has 1 amide bonds. The van der Waals surface area contributed by atoms with Crippen LogP contribution >= 0.6 is 0 Å². The highest BCUT2D eigenvalue weighted by Crippen LogP contribution is 2.08. The molecule has 2 aromatic rings. The summed E-state index contributed by atoms with van der Waals surface area (Å²) in [6.07, 6.45) is 8.95. The summed E-state index contributed by atoms with van der Waals surface area (Å²) >= 11 is 0. The number of hydrogen-bond donors (Lipinski definition) is 1. The molecule has 0 bridgehead atoms. The van der Waals surface area contributed by atoms with E-state index in [9.17, 15) is 4.79 Å². The van der Waals surface area contributed by atoms with Crippen LogP contribution in [0.2, 0.25) is 0 Å². The van der Waals surface area contributed by atoms with Crippen LogP contribution < -0.4 is 5.32 Å². The maximum Gasteiger partial charge on any atom is 0.226 e. The SMILES string of the molecule is CCCCCCNC(=O)Cc1cn2ccc(C)cc2n1. The fourth-order valence-corrected chi connectivity index (χ4v) is 2.23. The molecule has 0 saturated carbocycles. The van der Waals surface area contributed by atoms with E-state index in [1.54, 1.807) is 0 Å². The Morgan fingerprint density at radius 1 is 1.35 bits per heavy atom. The summed E-state index contributed by atoms with van der Waals surface area (Å²) in [7, 11) is 0. The first-order valence-electron chi connectivity index (χ1n) is 7.40. The molecule has 0 aliphatic rings. The lowest BCUT2D eigenvalue weighted by molar-refractivity contribution is -0.120. The van der Waals surface area contributed by atoms with E-state index >= 15 is 0 Å². The maximum atomic E-state index is 11.8. The van der Waals surface area contributed by atoms with Crippen LogP contribution in [0.25, 0.3) is 5.65 Å². The molecule has 0 saturated heterocycles. The van der Waals surface area contributed by atoms with Crippen molar-refractivity contribution < 1.29 is 4.79 Å². The number of carbonyl (C=O) groups excluding carboxylic acids is 1. The van der Waals surface area contributed by atoms with Gasteiger partial charge < -0.3 is 9.72 Å². The van der Waals surface area contributed by atoms with Crippen LogP contribution in [0.5, 0.6) is 0 Å². The summed E-state index contributed by atoms with van der Waals surface area (Å²) in [6, 6.07) is 4.05. The molecule has 108 valence electrons. The number of amides is 1. The van der Waals surface area contributed by atoms with Crippen molar-refractivity contribution in [1.29, 1.82) is 0 Å². The average molecular weight is 273 g/mol. The zero-order chi connectivity index (χ0) is 14.4. The van der Waals surface area contributed by atoms with Crippen molar-refractivity contribution in [1.82, 2.24) is 14.7 Å². The van der Waals surface area contributed by atoms with Gasteiger partial charge in [0.25, 0.3) is 0 Å². The smallest absolute Gasteiger partial charge is 0.226 e. The molecule has 0 atom stereocenters. The van der Waals surface area contributed by atoms with E-state index in [1.165, 1.54) is 24.8 Å². The van der Waals surface area contributed by atoms with E-state index in [0.29, 0.717) is 6.42 Å². The van der Waals surface area contributed by atoms with E-state index in [2.05, 4.69) is 17.2 Å². The van der Waals surface area contributed by atoms with Gasteiger partial charge in [-0.1, -0.05) is 26.2 Å². The van der Waals surface area contributed by atoms with Crippen LogP contribution in [0.15, 0.2) is 24.5 Å². The Bertz CT molecular complexity index is 574. The third-order valence-electron chi connectivity index (χ3n) is 3.36. The number of nitrogens with zero attached hydrogens (tertiary/aromatic N) is 2. The van der Waals surface area contributed by atoms with Crippen molar-refractivity contribution in [2.75, 3.05) is 6.54 Å². The van der Waals surface area contributed by atoms with Crippen molar-refractivity contribution in [3.8, 4) is 0 Å². The van der Waals surface area contributed by atoms with E-state index < -0.39 is 0 Å². The molecule has 0 aliphatic carbocycles. The van der Waals surface area contributed by atoms with Crippen molar-refractivity contribution in [2.24, 2.45) is 0 Å². The second-order valence-electron chi connectivity index (χ2n) is 5.29. The Morgan fingerprint density at radius 2 is 2.20 bits per heavy atom. The number of pyridine rings is 1. The van der Waals surface area contributed by atoms with Gasteiger partial charge in [-0.3, -0.25) is 4.79 Å². The van der Waals surface area contributed by atoms with Crippen LogP contribution in [0.3, 0.4) is 0 Å². The molecule has 0 aliphatic heterocycles. The van der Waals surface area contributed by atoms with Gasteiger partial charge in [0.2, 0.25) is 5.91 Å². The van der Waals surface area contributed by atoms with Gasteiger partial charge in [0, 0.05) is 18.9 Å². The number of aryl methyl sites for hydroxylation is 1. The monoisotopic (exact) mass is 273 g/mol. The molecule has 0 fully saturated rings. The molecule has 0 aromatic carbocycles. The third kappa shape index (κ3) is 4.08. The van der Waals surface area contributed by atoms with Crippen molar-refractivity contribution in [3.63, 3.8) is 0 Å². The fraction of sp³-hybridized carbons (Fsp3) is 0.500. The van der Waals surface area contributed by atoms with Crippen LogP contribution in [0.4, 0.5) is 0 Å². The number of fused-ring (bicyclic) bond motifs is 1. The van der Waals surface area contributed by atoms with Crippen LogP contribution in [-0.2, 0) is 11.2 Å². The molecule has 20 heavy (non-hydrogen) atoms. The summed E-state index contributed by atoms with van der Waals surface area (Å²) in [5.41, 5.74) is 2.90. The molecule has 4 heteroatoms. The van der Waals surface area contributed by atoms with E-state index in [4.69, 9.17) is 0 Å². The van der Waals surface area contributed by atoms with E-state index in [1.807, 2.05) is 35.9 Å². The first kappa shape index (κ1) is 14.6. The molecular formula is C16H23N3O. The standard InChI is InChI=1S/C16H23N3O/c1-3-4-5-6-8-17-16(20)11-14-12-19-9-7-13(2)10-15(19)18-14/h7,9-10,12H,3-6,8,11H2,1-2H3,(H,17,20). The average Bonchev–Trinajstić information content (AvgIpc) is 2.79. The summed E-state index contributed by atoms with van der Waals surface area (Å²) in [4.78, 5) is 16.3. The number of carbonyl (C=O) groups is 1. The summed E-state index contributed by atoms with van der Waals surface area (Å²) in [5.74, 6) is 0.0571. The first-order chi connectivity index (χ1) is 9.69. The topological polar surface area (TPSA) is 46.4 Å². The number of imidazole rings is 1. The second kappa shape index (κ2) is 7.08. The van der Waals surface area contributed by atoms with Crippen LogP contribution in [0.1, 0.15) is 43.9 Å². The minimum atomic E-state index is 0.0571. The zero-order valence-electron chi connectivity index (χ0n) is 12.4. The number of hydrogen-bond acceptors (Lipinski definition) is 2. The predicted molar refractivity (Wildman–Crippen MR) is 80.8 cm³/mol. The van der Waals surface area contributed by atoms with Crippen molar-refractivity contribution in [2.45, 2.75) is 46.0 Å². The van der Waals surface area contributed by atoms with E-state index in [0.717, 1.165) is 24.3 Å². The maximum absolute atomic E-state index is 11.8. The summed E-state index contributed by atoms with van der Waals surface area (Å²) < 4.78 is 1.96. The van der Waals surface area contributed by atoms with Crippen LogP contribution in [-0.4, -0.2) is 21.8 Å². The summed E-state index contributed by atoms with van der Waals surface area (Å²) in [6.45, 7) is 4.99. The minimum absolute atomic E-state index is 0.0571. The van der Waals surface area contributed by atoms with Gasteiger partial charge in [-0.2, -0.15) is 0 Å². The van der Waals surface area contributed by atoms with Gasteiger partial charge in [-0.05, 0) is 31.0 Å². The highest BCUT2D eigenvalue weighted by Gasteiger charge is 2.07. The van der Waals surface area contributed by atoms with E-state index in [-0.39, 0.29) is 5.91 Å². The number of rotatable bonds is 7. The number of unbranched alkanes of at least 4 members (excludes halogenated alkanes) is 3. The Balaban J connectivity index is 1.83. The zero-order valence-corrected chi connectivity index (χ0v) is 12.4. The second-order valence-corrected chi connectivity index (χ2v) is 5.29. The Kier molecular flexibility index (Phi) is 5.16. The Morgan fingerprint density at radius 3 is 3.00 bits per heavy atom. The molecule has 0 radical (unpaired) electrons. The molecule has 0 unspecified atom stereocenters. The third-order valence-corrected chi connectivity index (χ3v) is 3.36. The van der Waals surface area contributed by atoms with Gasteiger partial charge in [0.05, 0.1) is 12.1 Å². The fourth-order valence-electron chi connectivity index (χ4n) is 2.23. The molecule has 2 rings (SSSR count). The predicted octanol–water partition coefficient (Wildman–Crippen LogP) is 2.88. The Labute approximate surface area is 120 Å². The molecule has 0 spiro atoms. The lowest BCUT2D eigenvalue weighted by atomic mass is 10.2. The van der Waals surface area contributed by atoms with Gasteiger partial charge in [0.1, 0.15) is 5.65 Å². The molecule has 2 heterocycles. The Hall–Kier alpha value is -1.84. The lowest BCUT2D eigenvalue weighted by Crippen LogP contribution is -2.26. The largest absolute Gasteiger partial charge is 0.356 e. The van der Waals surface area contributed by atoms with Gasteiger partial charge >= 0.3 is 0 Å². The quantitative estimate of drug-likeness (QED) is 0.788. The van der Waals surface area contributed by atoms with Gasteiger partial charge in [-0.15, -0.1) is 0 Å². The molecule has 2 aromatic heterocycles. The molecule has 4 nitrogen and oxygen atoms in total. The first-order valence-corrected chi connectivity index (χ1v) is 7.40. The highest BCUT2D eigenvalue weighted by atomic mass is 16.1. The lowest BCUT2D eigenvalue weighted by Gasteiger charge is -2.03.